The molecule has 4 bridgehead atoms. The van der Waals surface area contributed by atoms with Gasteiger partial charge in [-0.3, -0.25) is 19.4 Å². The lowest BCUT2D eigenvalue weighted by molar-refractivity contribution is 0.0830. The topological polar surface area (TPSA) is 64.7 Å². The molecule has 0 saturated carbocycles. The van der Waals surface area contributed by atoms with Crippen molar-refractivity contribution in [2.75, 3.05) is 14.1 Å². The Labute approximate surface area is 311 Å². The molecule has 272 valence electrons. The molecule has 0 radical (unpaired) electrons. The Bertz CT molecular complexity index is 1710. The van der Waals surface area contributed by atoms with Crippen molar-refractivity contribution >= 4 is 11.8 Å². The molecule has 4 aliphatic heterocycles. The second-order valence-electron chi connectivity index (χ2n) is 16.1. The van der Waals surface area contributed by atoms with Crippen LogP contribution in [0.4, 0.5) is 0 Å². The van der Waals surface area contributed by atoms with Crippen LogP contribution in [-0.2, 0) is 0 Å². The predicted molar refractivity (Wildman–Crippen MR) is 211 cm³/mol. The Hall–Kier alpha value is -4.26. The third-order valence-corrected chi connectivity index (χ3v) is 13.4. The number of hydrogen-bond acceptors (Lipinski definition) is 4. The van der Waals surface area contributed by atoms with Crippen LogP contribution < -0.4 is 10.6 Å². The Morgan fingerprint density at radius 3 is 1.10 bits per heavy atom. The minimum Gasteiger partial charge on any atom is -0.343 e. The van der Waals surface area contributed by atoms with Gasteiger partial charge in [0.15, 0.2) is 0 Å². The Kier molecular flexibility index (Phi) is 10.2. The normalized spacial score (nSPS) is 26.0. The summed E-state index contributed by atoms with van der Waals surface area (Å²) in [6, 6.07) is 34.5. The molecule has 0 aromatic heterocycles. The molecule has 2 amide bonds. The fourth-order valence-corrected chi connectivity index (χ4v) is 10.5. The summed E-state index contributed by atoms with van der Waals surface area (Å²) < 4.78 is 0. The molecular formula is C46H56N4O2. The Balaban J connectivity index is 0.000000162. The van der Waals surface area contributed by atoms with Gasteiger partial charge >= 0.3 is 0 Å². The second-order valence-corrected chi connectivity index (χ2v) is 16.1. The monoisotopic (exact) mass is 696 g/mol. The van der Waals surface area contributed by atoms with Crippen molar-refractivity contribution in [3.8, 4) is 0 Å². The van der Waals surface area contributed by atoms with E-state index in [1.54, 1.807) is 0 Å². The predicted octanol–water partition coefficient (Wildman–Crippen LogP) is 8.80. The molecule has 4 heterocycles. The molecule has 4 aliphatic rings. The summed E-state index contributed by atoms with van der Waals surface area (Å²) in [6.07, 6.45) is 9.55. The van der Waals surface area contributed by atoms with E-state index in [2.05, 4.69) is 83.1 Å². The average Bonchev–Trinajstić information content (AvgIpc) is 3.86. The lowest BCUT2D eigenvalue weighted by Gasteiger charge is -2.41. The first-order valence-corrected chi connectivity index (χ1v) is 19.4. The molecule has 0 spiro atoms. The highest BCUT2D eigenvalue weighted by Gasteiger charge is 2.56. The number of carbonyl (C=O) groups excluding carboxylic acids is 2. The standard InChI is InChI=1S/2C23H28N2O/c2*1-16-8-7-9-17(2)20(16)22(26)24-21(18-10-5-4-6-11-18)23-14-12-19(13-15-23)25(23)3/h2*4-11,19,21H,12-15H2,1-3H3,(H,24,26)/t2*19?,21-,23?/m10/s1. The number of likely N-dealkylation sites (N-methyl/N-ethyl adjacent to an activating group) is 2. The summed E-state index contributed by atoms with van der Waals surface area (Å²) in [5.41, 5.74) is 8.29. The van der Waals surface area contributed by atoms with E-state index in [9.17, 15) is 9.59 Å². The van der Waals surface area contributed by atoms with Crippen LogP contribution in [0.1, 0.15) is 118 Å². The fourth-order valence-electron chi connectivity index (χ4n) is 10.5. The largest absolute Gasteiger partial charge is 0.343 e. The number of amides is 2. The third-order valence-electron chi connectivity index (χ3n) is 13.4. The minimum atomic E-state index is 0.0210. The molecule has 6 nitrogen and oxygen atoms in total. The van der Waals surface area contributed by atoms with E-state index in [1.807, 2.05) is 76.2 Å². The molecule has 4 aromatic rings. The molecular weight excluding hydrogens is 641 g/mol. The zero-order valence-corrected chi connectivity index (χ0v) is 31.9. The van der Waals surface area contributed by atoms with Gasteiger partial charge in [0.1, 0.15) is 0 Å². The van der Waals surface area contributed by atoms with E-state index in [-0.39, 0.29) is 35.0 Å². The van der Waals surface area contributed by atoms with Crippen molar-refractivity contribution < 1.29 is 9.59 Å². The van der Waals surface area contributed by atoms with Gasteiger partial charge < -0.3 is 10.6 Å². The van der Waals surface area contributed by atoms with Gasteiger partial charge in [0.25, 0.3) is 11.8 Å². The first-order chi connectivity index (χ1) is 25.1. The van der Waals surface area contributed by atoms with Crippen LogP contribution in [0.25, 0.3) is 0 Å². The first kappa shape index (κ1) is 36.1. The quantitative estimate of drug-likeness (QED) is 0.193. The maximum absolute atomic E-state index is 13.3. The summed E-state index contributed by atoms with van der Waals surface area (Å²) in [7, 11) is 4.48. The van der Waals surface area contributed by atoms with Gasteiger partial charge in [0.2, 0.25) is 0 Å². The zero-order chi connectivity index (χ0) is 36.6. The average molecular weight is 697 g/mol. The molecule has 52 heavy (non-hydrogen) atoms. The minimum absolute atomic E-state index is 0.0210. The van der Waals surface area contributed by atoms with Crippen LogP contribution in [0, 0.1) is 27.7 Å². The van der Waals surface area contributed by atoms with Crippen molar-refractivity contribution in [3.63, 3.8) is 0 Å². The zero-order valence-electron chi connectivity index (χ0n) is 31.9. The van der Waals surface area contributed by atoms with E-state index in [4.69, 9.17) is 0 Å². The van der Waals surface area contributed by atoms with Crippen molar-refractivity contribution in [3.05, 3.63) is 142 Å². The van der Waals surface area contributed by atoms with Gasteiger partial charge in [-0.25, -0.2) is 0 Å². The van der Waals surface area contributed by atoms with Gasteiger partial charge in [0.05, 0.1) is 12.1 Å². The molecule has 4 saturated heterocycles. The van der Waals surface area contributed by atoms with E-state index >= 15 is 0 Å². The number of nitrogens with zero attached hydrogens (tertiary/aromatic N) is 2. The van der Waals surface area contributed by atoms with Crippen LogP contribution in [0.15, 0.2) is 97.1 Å². The lowest BCUT2D eigenvalue weighted by atomic mass is 9.78. The molecule has 0 unspecified atom stereocenters. The SMILES string of the molecule is Cc1cccc(C)c1C(=O)N[C@@H](c1ccccc1)C12CCC(CC1)N2C.Cc1cccc(C)c1C(=O)N[C@H](c1ccccc1)C12CCC(CC1)N2C. The maximum atomic E-state index is 13.3. The fraction of sp³-hybridized carbons (Fsp3) is 0.435. The van der Waals surface area contributed by atoms with Crippen LogP contribution in [0.2, 0.25) is 0 Å². The number of hydrogen-bond donors (Lipinski definition) is 2. The van der Waals surface area contributed by atoms with Crippen LogP contribution >= 0.6 is 0 Å². The molecule has 2 N–H and O–H groups in total. The highest BCUT2D eigenvalue weighted by atomic mass is 16.2. The molecule has 4 fully saturated rings. The van der Waals surface area contributed by atoms with Crippen molar-refractivity contribution in [2.45, 2.75) is 114 Å². The van der Waals surface area contributed by atoms with Gasteiger partial charge in [-0.15, -0.1) is 0 Å². The van der Waals surface area contributed by atoms with Crippen molar-refractivity contribution in [1.29, 1.82) is 0 Å². The number of nitrogens with one attached hydrogen (secondary N) is 2. The van der Waals surface area contributed by atoms with Crippen LogP contribution in [0.3, 0.4) is 0 Å². The third kappa shape index (κ3) is 6.39. The van der Waals surface area contributed by atoms with Gasteiger partial charge in [0, 0.05) is 34.3 Å². The molecule has 0 aliphatic carbocycles. The number of benzene rings is 4. The highest BCUT2D eigenvalue weighted by Crippen LogP contribution is 2.53. The first-order valence-electron chi connectivity index (χ1n) is 19.4. The summed E-state index contributed by atoms with van der Waals surface area (Å²) in [5, 5.41) is 6.88. The smallest absolute Gasteiger partial charge is 0.252 e. The molecule has 6 heteroatoms. The number of fused-ring (bicyclic) bond motifs is 4. The van der Waals surface area contributed by atoms with Gasteiger partial charge in [-0.2, -0.15) is 0 Å². The molecule has 4 aromatic carbocycles. The summed E-state index contributed by atoms with van der Waals surface area (Å²) in [5.74, 6) is 0.0974. The Morgan fingerprint density at radius 1 is 0.519 bits per heavy atom. The van der Waals surface area contributed by atoms with E-state index in [1.165, 1.54) is 36.8 Å². The molecule has 8 rings (SSSR count). The molecule has 2 atom stereocenters. The maximum Gasteiger partial charge on any atom is 0.252 e. The second kappa shape index (κ2) is 14.6. The summed E-state index contributed by atoms with van der Waals surface area (Å²) in [6.45, 7) is 8.08. The summed E-state index contributed by atoms with van der Waals surface area (Å²) >= 11 is 0. The number of aryl methyl sites for hydroxylation is 4. The highest BCUT2D eigenvalue weighted by molar-refractivity contribution is 5.98. The van der Waals surface area contributed by atoms with E-state index < -0.39 is 0 Å². The van der Waals surface area contributed by atoms with Crippen LogP contribution in [-0.4, -0.2) is 58.9 Å². The van der Waals surface area contributed by atoms with E-state index in [0.29, 0.717) is 12.1 Å². The lowest BCUT2D eigenvalue weighted by Crippen LogP contribution is -2.51. The Morgan fingerprint density at radius 2 is 0.827 bits per heavy atom. The van der Waals surface area contributed by atoms with E-state index in [0.717, 1.165) is 59.1 Å². The van der Waals surface area contributed by atoms with Crippen molar-refractivity contribution in [1.82, 2.24) is 20.4 Å². The van der Waals surface area contributed by atoms with Gasteiger partial charge in [-0.05, 0) is 127 Å². The van der Waals surface area contributed by atoms with Crippen molar-refractivity contribution in [2.24, 2.45) is 0 Å². The summed E-state index contributed by atoms with van der Waals surface area (Å²) in [4.78, 5) is 31.6. The van der Waals surface area contributed by atoms with Gasteiger partial charge in [-0.1, -0.05) is 97.1 Å². The van der Waals surface area contributed by atoms with Crippen LogP contribution in [0.5, 0.6) is 0 Å². The number of rotatable bonds is 8. The number of carbonyl (C=O) groups is 2.